The average Bonchev–Trinajstić information content (AvgIpc) is 2.25. The summed E-state index contributed by atoms with van der Waals surface area (Å²) in [6.07, 6.45) is 1.34. The lowest BCUT2D eigenvalue weighted by atomic mass is 10.0. The SMILES string of the molecule is CC.CCc1cc(C)c(OC(C)C)c(C)c1. The minimum absolute atomic E-state index is 0.250. The summed E-state index contributed by atoms with van der Waals surface area (Å²) in [6, 6.07) is 4.43. The Morgan fingerprint density at radius 2 is 1.50 bits per heavy atom. The van der Waals surface area contributed by atoms with Crippen molar-refractivity contribution in [2.75, 3.05) is 0 Å². The van der Waals surface area contributed by atoms with Crippen molar-refractivity contribution in [1.82, 2.24) is 0 Å². The van der Waals surface area contributed by atoms with Crippen molar-refractivity contribution in [2.24, 2.45) is 0 Å². The molecule has 0 aliphatic rings. The van der Waals surface area contributed by atoms with Crippen LogP contribution in [0.2, 0.25) is 0 Å². The van der Waals surface area contributed by atoms with Crippen molar-refractivity contribution in [2.45, 2.75) is 61.0 Å². The van der Waals surface area contributed by atoms with Crippen LogP contribution in [0.3, 0.4) is 0 Å². The topological polar surface area (TPSA) is 9.23 Å². The van der Waals surface area contributed by atoms with Gasteiger partial charge in [0, 0.05) is 0 Å². The average molecular weight is 222 g/mol. The Hall–Kier alpha value is -0.980. The summed E-state index contributed by atoms with van der Waals surface area (Å²) in [5.74, 6) is 1.05. The molecular formula is C15H26O. The van der Waals surface area contributed by atoms with Crippen LogP contribution in [0, 0.1) is 13.8 Å². The molecule has 0 spiro atoms. The van der Waals surface area contributed by atoms with E-state index < -0.39 is 0 Å². The van der Waals surface area contributed by atoms with E-state index in [2.05, 4.69) is 46.8 Å². The highest BCUT2D eigenvalue weighted by molar-refractivity contribution is 5.43. The molecule has 1 nitrogen and oxygen atoms in total. The van der Waals surface area contributed by atoms with Gasteiger partial charge in [0.2, 0.25) is 0 Å². The number of ether oxygens (including phenoxy) is 1. The van der Waals surface area contributed by atoms with E-state index in [0.29, 0.717) is 0 Å². The van der Waals surface area contributed by atoms with E-state index in [1.165, 1.54) is 16.7 Å². The lowest BCUT2D eigenvalue weighted by molar-refractivity contribution is 0.239. The number of hydrogen-bond acceptors (Lipinski definition) is 1. The molecule has 0 bridgehead atoms. The molecule has 1 aromatic carbocycles. The zero-order valence-electron chi connectivity index (χ0n) is 11.8. The van der Waals surface area contributed by atoms with Crippen LogP contribution in [0.4, 0.5) is 0 Å². The number of rotatable bonds is 3. The summed E-state index contributed by atoms with van der Waals surface area (Å²) in [4.78, 5) is 0. The first-order valence-corrected chi connectivity index (χ1v) is 6.31. The van der Waals surface area contributed by atoms with E-state index in [1.54, 1.807) is 0 Å². The van der Waals surface area contributed by atoms with Crippen LogP contribution in [0.1, 0.15) is 51.3 Å². The molecule has 0 saturated carbocycles. The first kappa shape index (κ1) is 15.0. The van der Waals surface area contributed by atoms with Gasteiger partial charge >= 0.3 is 0 Å². The number of benzene rings is 1. The van der Waals surface area contributed by atoms with Gasteiger partial charge in [-0.3, -0.25) is 0 Å². The van der Waals surface area contributed by atoms with Gasteiger partial charge in [0.25, 0.3) is 0 Å². The van der Waals surface area contributed by atoms with Crippen molar-refractivity contribution >= 4 is 0 Å². The molecular weight excluding hydrogens is 196 g/mol. The first-order chi connectivity index (χ1) is 7.54. The van der Waals surface area contributed by atoms with Gasteiger partial charge in [-0.05, 0) is 50.8 Å². The van der Waals surface area contributed by atoms with Crippen molar-refractivity contribution in [1.29, 1.82) is 0 Å². The van der Waals surface area contributed by atoms with E-state index in [4.69, 9.17) is 4.74 Å². The molecule has 92 valence electrons. The standard InChI is InChI=1S/C13H20O.C2H6/c1-6-12-7-10(4)13(11(5)8-12)14-9(2)3;1-2/h7-9H,6H2,1-5H3;1-2H3. The molecule has 1 heteroatoms. The third kappa shape index (κ3) is 4.26. The predicted octanol–water partition coefficient (Wildman–Crippen LogP) is 4.68. The summed E-state index contributed by atoms with van der Waals surface area (Å²) < 4.78 is 5.78. The van der Waals surface area contributed by atoms with Crippen molar-refractivity contribution in [3.63, 3.8) is 0 Å². The van der Waals surface area contributed by atoms with Crippen LogP contribution in [0.15, 0.2) is 12.1 Å². The molecule has 0 heterocycles. The highest BCUT2D eigenvalue weighted by atomic mass is 16.5. The lowest BCUT2D eigenvalue weighted by Gasteiger charge is -2.16. The van der Waals surface area contributed by atoms with Crippen LogP contribution in [-0.2, 0) is 6.42 Å². The van der Waals surface area contributed by atoms with Gasteiger partial charge in [-0.1, -0.05) is 32.9 Å². The molecule has 0 fully saturated rings. The quantitative estimate of drug-likeness (QED) is 0.721. The molecule has 0 aromatic heterocycles. The van der Waals surface area contributed by atoms with Gasteiger partial charge in [0.05, 0.1) is 6.10 Å². The molecule has 0 atom stereocenters. The van der Waals surface area contributed by atoms with Crippen LogP contribution in [0.5, 0.6) is 5.75 Å². The van der Waals surface area contributed by atoms with E-state index in [-0.39, 0.29) is 6.10 Å². The maximum Gasteiger partial charge on any atom is 0.125 e. The zero-order valence-corrected chi connectivity index (χ0v) is 11.8. The van der Waals surface area contributed by atoms with Gasteiger partial charge in [0.15, 0.2) is 0 Å². The van der Waals surface area contributed by atoms with Gasteiger partial charge in [-0.15, -0.1) is 0 Å². The molecule has 0 aliphatic carbocycles. The predicted molar refractivity (Wildman–Crippen MR) is 72.4 cm³/mol. The number of aryl methyl sites for hydroxylation is 3. The molecule has 0 amide bonds. The molecule has 0 aliphatic heterocycles. The minimum atomic E-state index is 0.250. The molecule has 0 unspecified atom stereocenters. The van der Waals surface area contributed by atoms with E-state index in [1.807, 2.05) is 13.8 Å². The second-order valence-electron chi connectivity index (χ2n) is 4.08. The Labute approximate surface area is 101 Å². The van der Waals surface area contributed by atoms with E-state index >= 15 is 0 Å². The van der Waals surface area contributed by atoms with Crippen LogP contribution in [0.25, 0.3) is 0 Å². The maximum absolute atomic E-state index is 5.78. The van der Waals surface area contributed by atoms with Crippen molar-refractivity contribution in [3.05, 3.63) is 28.8 Å². The summed E-state index contributed by atoms with van der Waals surface area (Å²) in [5, 5.41) is 0. The zero-order chi connectivity index (χ0) is 12.7. The normalized spacial score (nSPS) is 9.75. The molecule has 1 rings (SSSR count). The smallest absolute Gasteiger partial charge is 0.125 e. The summed E-state index contributed by atoms with van der Waals surface area (Å²) >= 11 is 0. The Balaban J connectivity index is 0.00000106. The Morgan fingerprint density at radius 3 is 1.81 bits per heavy atom. The maximum atomic E-state index is 5.78. The summed E-state index contributed by atoms with van der Waals surface area (Å²) in [7, 11) is 0. The van der Waals surface area contributed by atoms with Gasteiger partial charge in [0.1, 0.15) is 5.75 Å². The highest BCUT2D eigenvalue weighted by Crippen LogP contribution is 2.25. The monoisotopic (exact) mass is 222 g/mol. The fourth-order valence-electron chi connectivity index (χ4n) is 1.67. The Morgan fingerprint density at radius 1 is 1.06 bits per heavy atom. The molecule has 1 aromatic rings. The molecule has 0 saturated heterocycles. The van der Waals surface area contributed by atoms with Crippen LogP contribution in [-0.4, -0.2) is 6.10 Å². The fraction of sp³-hybridized carbons (Fsp3) is 0.600. The fourth-order valence-corrected chi connectivity index (χ4v) is 1.67. The Kier molecular flexibility index (Phi) is 6.87. The largest absolute Gasteiger partial charge is 0.490 e. The molecule has 16 heavy (non-hydrogen) atoms. The second-order valence-corrected chi connectivity index (χ2v) is 4.08. The van der Waals surface area contributed by atoms with Crippen molar-refractivity contribution in [3.8, 4) is 5.75 Å². The highest BCUT2D eigenvalue weighted by Gasteiger charge is 2.07. The van der Waals surface area contributed by atoms with Gasteiger partial charge < -0.3 is 4.74 Å². The van der Waals surface area contributed by atoms with E-state index in [0.717, 1.165) is 12.2 Å². The third-order valence-electron chi connectivity index (χ3n) is 2.28. The minimum Gasteiger partial charge on any atom is -0.490 e. The Bertz CT molecular complexity index is 290. The first-order valence-electron chi connectivity index (χ1n) is 6.31. The van der Waals surface area contributed by atoms with Crippen LogP contribution >= 0.6 is 0 Å². The van der Waals surface area contributed by atoms with Gasteiger partial charge in [-0.25, -0.2) is 0 Å². The number of hydrogen-bond donors (Lipinski definition) is 0. The lowest BCUT2D eigenvalue weighted by Crippen LogP contribution is -2.08. The second kappa shape index (κ2) is 7.32. The third-order valence-corrected chi connectivity index (χ3v) is 2.28. The molecule has 0 radical (unpaired) electrons. The van der Waals surface area contributed by atoms with Gasteiger partial charge in [-0.2, -0.15) is 0 Å². The summed E-state index contributed by atoms with van der Waals surface area (Å²) in [5.41, 5.74) is 3.88. The summed E-state index contributed by atoms with van der Waals surface area (Å²) in [6.45, 7) is 14.5. The van der Waals surface area contributed by atoms with E-state index in [9.17, 15) is 0 Å². The van der Waals surface area contributed by atoms with Crippen molar-refractivity contribution < 1.29 is 4.74 Å². The van der Waals surface area contributed by atoms with Crippen LogP contribution < -0.4 is 4.74 Å². The molecule has 0 N–H and O–H groups in total.